The zero-order valence-corrected chi connectivity index (χ0v) is 15.3. The molecule has 0 atom stereocenters. The Hall–Kier alpha value is -3.03. The second-order valence-electron chi connectivity index (χ2n) is 5.68. The van der Waals surface area contributed by atoms with Crippen LogP contribution in [0.4, 0.5) is 5.69 Å². The van der Waals surface area contributed by atoms with E-state index in [0.29, 0.717) is 5.56 Å². The third kappa shape index (κ3) is 4.53. The van der Waals surface area contributed by atoms with Crippen LogP contribution in [-0.4, -0.2) is 11.4 Å². The summed E-state index contributed by atoms with van der Waals surface area (Å²) in [5.41, 5.74) is 3.82. The maximum Gasteiger partial charge on any atom is 0.162 e. The minimum atomic E-state index is 0.0157. The number of amidine groups is 1. The van der Waals surface area contributed by atoms with Crippen LogP contribution in [0.3, 0.4) is 0 Å². The first kappa shape index (κ1) is 17.8. The summed E-state index contributed by atoms with van der Waals surface area (Å²) in [7, 11) is 0. The predicted octanol–water partition coefficient (Wildman–Crippen LogP) is 5.29. The van der Waals surface area contributed by atoms with Gasteiger partial charge in [-0.2, -0.15) is 5.26 Å². The fourth-order valence-electron chi connectivity index (χ4n) is 2.64. The Balaban J connectivity index is 1.91. The first-order valence-electron chi connectivity index (χ1n) is 8.29. The Bertz CT molecular complexity index is 858. The molecule has 0 aliphatic carbocycles. The smallest absolute Gasteiger partial charge is 0.162 e. The molecular weight excluding hydrogens is 338 g/mol. The minimum Gasteiger partial charge on any atom is -0.354 e. The van der Waals surface area contributed by atoms with Crippen molar-refractivity contribution < 1.29 is 0 Å². The van der Waals surface area contributed by atoms with Crippen molar-refractivity contribution in [2.75, 3.05) is 6.26 Å². The molecule has 0 saturated heterocycles. The van der Waals surface area contributed by atoms with Crippen LogP contribution >= 0.6 is 11.8 Å². The topological polar surface area (TPSA) is 48.2 Å². The van der Waals surface area contributed by atoms with Gasteiger partial charge in [-0.3, -0.25) is 0 Å². The van der Waals surface area contributed by atoms with Gasteiger partial charge in [0.05, 0.1) is 23.4 Å². The number of thioether (sulfide) groups is 1. The van der Waals surface area contributed by atoms with E-state index in [9.17, 15) is 0 Å². The second kappa shape index (κ2) is 8.89. The Morgan fingerprint density at radius 2 is 1.42 bits per heavy atom. The van der Waals surface area contributed by atoms with Crippen LogP contribution in [0.2, 0.25) is 0 Å². The van der Waals surface area contributed by atoms with Crippen LogP contribution in [0.1, 0.15) is 22.7 Å². The number of benzene rings is 3. The van der Waals surface area contributed by atoms with Crippen LogP contribution in [0.25, 0.3) is 0 Å². The number of nitriles is 1. The molecule has 128 valence electrons. The molecule has 4 heteroatoms. The molecule has 3 rings (SSSR count). The molecule has 0 saturated carbocycles. The van der Waals surface area contributed by atoms with Crippen LogP contribution in [0.5, 0.6) is 0 Å². The van der Waals surface area contributed by atoms with Gasteiger partial charge in [0.15, 0.2) is 5.17 Å². The molecule has 3 nitrogen and oxygen atoms in total. The number of aliphatic imine (C=N–C) groups is 1. The molecule has 1 N–H and O–H groups in total. The van der Waals surface area contributed by atoms with Crippen molar-refractivity contribution in [3.8, 4) is 6.07 Å². The van der Waals surface area contributed by atoms with E-state index in [1.807, 2.05) is 54.8 Å². The molecule has 0 bridgehead atoms. The van der Waals surface area contributed by atoms with Crippen molar-refractivity contribution in [2.45, 2.75) is 6.04 Å². The van der Waals surface area contributed by atoms with Crippen molar-refractivity contribution in [1.82, 2.24) is 5.32 Å². The molecule has 0 aliphatic heterocycles. The Morgan fingerprint density at radius 3 is 1.88 bits per heavy atom. The summed E-state index contributed by atoms with van der Waals surface area (Å²) >= 11 is 1.57. The van der Waals surface area contributed by atoms with Gasteiger partial charge >= 0.3 is 0 Å². The lowest BCUT2D eigenvalue weighted by Gasteiger charge is -2.21. The largest absolute Gasteiger partial charge is 0.354 e. The third-order valence-corrected chi connectivity index (χ3v) is 4.55. The minimum absolute atomic E-state index is 0.0157. The molecule has 0 amide bonds. The lowest BCUT2D eigenvalue weighted by molar-refractivity contribution is 0.770. The summed E-state index contributed by atoms with van der Waals surface area (Å²) in [6.07, 6.45) is 2.00. The van der Waals surface area contributed by atoms with Crippen molar-refractivity contribution in [3.63, 3.8) is 0 Å². The van der Waals surface area contributed by atoms with Gasteiger partial charge in [0.25, 0.3) is 0 Å². The molecule has 0 aliphatic rings. The summed E-state index contributed by atoms with van der Waals surface area (Å²) in [6.45, 7) is 0. The van der Waals surface area contributed by atoms with E-state index >= 15 is 0 Å². The van der Waals surface area contributed by atoms with Gasteiger partial charge in [0.2, 0.25) is 0 Å². The van der Waals surface area contributed by atoms with E-state index < -0.39 is 0 Å². The van der Waals surface area contributed by atoms with Crippen molar-refractivity contribution in [2.24, 2.45) is 4.99 Å². The molecule has 0 unspecified atom stereocenters. The monoisotopic (exact) mass is 357 g/mol. The number of nitrogens with one attached hydrogen (secondary N) is 1. The first-order chi connectivity index (χ1) is 12.8. The zero-order valence-electron chi connectivity index (χ0n) is 14.5. The van der Waals surface area contributed by atoms with E-state index in [2.05, 4.69) is 35.7 Å². The van der Waals surface area contributed by atoms with Crippen molar-refractivity contribution in [3.05, 3.63) is 102 Å². The van der Waals surface area contributed by atoms with Crippen LogP contribution < -0.4 is 5.32 Å². The predicted molar refractivity (Wildman–Crippen MR) is 110 cm³/mol. The van der Waals surface area contributed by atoms with Gasteiger partial charge in [0, 0.05) is 0 Å². The highest BCUT2D eigenvalue weighted by Crippen LogP contribution is 2.24. The highest BCUT2D eigenvalue weighted by molar-refractivity contribution is 8.13. The highest BCUT2D eigenvalue weighted by atomic mass is 32.2. The molecule has 0 aromatic heterocycles. The quantitative estimate of drug-likeness (QED) is 0.510. The average Bonchev–Trinajstić information content (AvgIpc) is 2.73. The van der Waals surface area contributed by atoms with E-state index in [4.69, 9.17) is 10.3 Å². The Morgan fingerprint density at radius 1 is 0.885 bits per heavy atom. The standard InChI is InChI=1S/C22H19N3S/c1-26-22(24-20-14-12-17(16-23)13-15-20)25-21(18-8-4-2-5-9-18)19-10-6-3-7-11-19/h2-15,21H,1H3,(H,24,25). The van der Waals surface area contributed by atoms with Crippen molar-refractivity contribution >= 4 is 22.6 Å². The van der Waals surface area contributed by atoms with E-state index in [1.54, 1.807) is 23.9 Å². The maximum absolute atomic E-state index is 8.93. The van der Waals surface area contributed by atoms with Gasteiger partial charge < -0.3 is 5.32 Å². The number of nitrogens with zero attached hydrogens (tertiary/aromatic N) is 2. The fourth-order valence-corrected chi connectivity index (χ4v) is 3.07. The number of hydrogen-bond acceptors (Lipinski definition) is 3. The van der Waals surface area contributed by atoms with Crippen molar-refractivity contribution in [1.29, 1.82) is 5.26 Å². The summed E-state index contributed by atoms with van der Waals surface area (Å²) in [5.74, 6) is 0. The summed E-state index contributed by atoms with van der Waals surface area (Å²) in [6, 6.07) is 30.1. The zero-order chi connectivity index (χ0) is 18.2. The Kier molecular flexibility index (Phi) is 6.08. The second-order valence-corrected chi connectivity index (χ2v) is 6.47. The molecule has 0 radical (unpaired) electrons. The average molecular weight is 357 g/mol. The summed E-state index contributed by atoms with van der Waals surface area (Å²) < 4.78 is 0. The lowest BCUT2D eigenvalue weighted by Crippen LogP contribution is -2.27. The Labute approximate surface area is 158 Å². The van der Waals surface area contributed by atoms with E-state index in [1.165, 1.54) is 11.1 Å². The maximum atomic E-state index is 8.93. The molecule has 0 spiro atoms. The van der Waals surface area contributed by atoms with Gasteiger partial charge in [0.1, 0.15) is 0 Å². The van der Waals surface area contributed by atoms with Gasteiger partial charge in [-0.05, 0) is 41.6 Å². The lowest BCUT2D eigenvalue weighted by atomic mass is 9.99. The number of rotatable bonds is 4. The highest BCUT2D eigenvalue weighted by Gasteiger charge is 2.15. The summed E-state index contributed by atoms with van der Waals surface area (Å²) in [4.78, 5) is 4.70. The molecule has 3 aromatic rings. The van der Waals surface area contributed by atoms with Gasteiger partial charge in [-0.15, -0.1) is 0 Å². The van der Waals surface area contributed by atoms with E-state index in [-0.39, 0.29) is 6.04 Å². The van der Waals surface area contributed by atoms with Gasteiger partial charge in [-0.1, -0.05) is 72.4 Å². The molecule has 0 fully saturated rings. The van der Waals surface area contributed by atoms with Crippen LogP contribution in [-0.2, 0) is 0 Å². The fraction of sp³-hybridized carbons (Fsp3) is 0.0909. The molecule has 0 heterocycles. The summed E-state index contributed by atoms with van der Waals surface area (Å²) in [5, 5.41) is 13.3. The SMILES string of the molecule is CS/C(=N\c1ccc(C#N)cc1)NC(c1ccccc1)c1ccccc1. The molecular formula is C22H19N3S. The van der Waals surface area contributed by atoms with Gasteiger partial charge in [-0.25, -0.2) is 4.99 Å². The molecule has 26 heavy (non-hydrogen) atoms. The first-order valence-corrected chi connectivity index (χ1v) is 9.52. The van der Waals surface area contributed by atoms with Crippen LogP contribution in [0.15, 0.2) is 89.9 Å². The third-order valence-electron chi connectivity index (χ3n) is 3.95. The van der Waals surface area contributed by atoms with Crippen LogP contribution in [0, 0.1) is 11.3 Å². The van der Waals surface area contributed by atoms with E-state index in [0.717, 1.165) is 10.9 Å². The normalized spacial score (nSPS) is 11.2. The number of hydrogen-bond donors (Lipinski definition) is 1. The molecule has 3 aromatic carbocycles.